The summed E-state index contributed by atoms with van der Waals surface area (Å²) in [6, 6.07) is 0. The fraction of sp³-hybridized carbons (Fsp3) is 1.00. The van der Waals surface area contributed by atoms with Crippen LogP contribution in [0.15, 0.2) is 5.11 Å². The number of hydrogen-bond donors (Lipinski definition) is 3. The Morgan fingerprint density at radius 3 is 1.91 bits per heavy atom. The second-order valence-electron chi connectivity index (χ2n) is 4.40. The number of azide groups is 1. The molecule has 0 aliphatic heterocycles. The van der Waals surface area contributed by atoms with Crippen LogP contribution in [0.1, 0.15) is 12.8 Å². The van der Waals surface area contributed by atoms with E-state index < -0.39 is 0 Å². The first-order valence-corrected chi connectivity index (χ1v) is 6.51. The molecule has 0 aromatic rings. The smallest absolute Gasteiger partial charge is 0.0700 e. The van der Waals surface area contributed by atoms with Crippen LogP contribution in [0.5, 0.6) is 0 Å². The summed E-state index contributed by atoms with van der Waals surface area (Å²) in [5, 5.41) is 3.36. The number of nitrogens with zero attached hydrogens (tertiary/aromatic N) is 3. The van der Waals surface area contributed by atoms with Gasteiger partial charge >= 0.3 is 0 Å². The molecule has 0 aromatic heterocycles. The molecular weight excluding hydrogens is 355 g/mol. The van der Waals surface area contributed by atoms with Crippen molar-refractivity contribution >= 4 is 37.2 Å². The van der Waals surface area contributed by atoms with Gasteiger partial charge in [0.25, 0.3) is 0 Å². The maximum atomic E-state index is 8.07. The molecular formula is C11H29Cl3N6O2. The van der Waals surface area contributed by atoms with Gasteiger partial charge in [-0.1, -0.05) is 5.11 Å². The summed E-state index contributed by atoms with van der Waals surface area (Å²) in [5.74, 6) is 0. The normalized spacial score (nSPS) is 9.77. The molecule has 0 saturated carbocycles. The molecule has 0 amide bonds. The Bertz CT molecular complexity index is 264. The van der Waals surface area contributed by atoms with Gasteiger partial charge in [-0.2, -0.15) is 0 Å². The van der Waals surface area contributed by atoms with Gasteiger partial charge < -0.3 is 26.7 Å². The Hall–Kier alpha value is -0.0200. The molecule has 0 radical (unpaired) electrons. The van der Waals surface area contributed by atoms with Crippen LogP contribution in [0.25, 0.3) is 10.4 Å². The molecule has 0 aliphatic carbocycles. The van der Waals surface area contributed by atoms with Gasteiger partial charge in [-0.15, -0.1) is 37.2 Å². The van der Waals surface area contributed by atoms with Crippen molar-refractivity contribution in [1.82, 2.24) is 0 Å². The van der Waals surface area contributed by atoms with Crippen molar-refractivity contribution in [2.75, 3.05) is 52.6 Å². The summed E-state index contributed by atoms with van der Waals surface area (Å²) < 4.78 is 10.8. The molecule has 0 bridgehead atoms. The van der Waals surface area contributed by atoms with Gasteiger partial charge in [-0.05, 0) is 31.5 Å². The second-order valence-corrected chi connectivity index (χ2v) is 4.40. The maximum Gasteiger partial charge on any atom is 0.0700 e. The third-order valence-electron chi connectivity index (χ3n) is 2.96. The second kappa shape index (κ2) is 21.0. The van der Waals surface area contributed by atoms with E-state index in [9.17, 15) is 0 Å². The number of halogens is 3. The number of hydrogen-bond acceptors (Lipinski definition) is 6. The SMILES string of the molecule is Cl.Cl.Cl.[N-]=[N+]=NCCOCCOCC(CN)(CCN)CCN. The molecule has 0 aromatic carbocycles. The van der Waals surface area contributed by atoms with Gasteiger partial charge in [0.15, 0.2) is 0 Å². The molecule has 0 rings (SSSR count). The Morgan fingerprint density at radius 2 is 1.45 bits per heavy atom. The molecule has 0 saturated heterocycles. The lowest BCUT2D eigenvalue weighted by Gasteiger charge is -2.31. The predicted molar refractivity (Wildman–Crippen MR) is 96.2 cm³/mol. The molecule has 8 nitrogen and oxygen atoms in total. The zero-order valence-electron chi connectivity index (χ0n) is 12.7. The lowest BCUT2D eigenvalue weighted by atomic mass is 9.82. The van der Waals surface area contributed by atoms with E-state index in [1.165, 1.54) is 0 Å². The molecule has 136 valence electrons. The number of nitrogens with two attached hydrogens (primary N) is 3. The van der Waals surface area contributed by atoms with Crippen molar-refractivity contribution in [2.24, 2.45) is 27.7 Å². The molecule has 6 N–H and O–H groups in total. The highest BCUT2D eigenvalue weighted by atomic mass is 35.5. The van der Waals surface area contributed by atoms with Crippen LogP contribution in [0.4, 0.5) is 0 Å². The Kier molecular flexibility index (Phi) is 28.5. The van der Waals surface area contributed by atoms with Gasteiger partial charge in [0.2, 0.25) is 0 Å². The third kappa shape index (κ3) is 14.9. The Morgan fingerprint density at radius 1 is 0.909 bits per heavy atom. The lowest BCUT2D eigenvalue weighted by Crippen LogP contribution is -2.39. The first-order chi connectivity index (χ1) is 9.24. The molecule has 0 atom stereocenters. The van der Waals surface area contributed by atoms with Crippen molar-refractivity contribution in [3.63, 3.8) is 0 Å². The number of ether oxygens (including phenoxy) is 2. The van der Waals surface area contributed by atoms with E-state index in [1.54, 1.807) is 0 Å². The molecule has 0 heterocycles. The standard InChI is InChI=1S/C11H26N6O2.3ClH/c12-3-1-11(9-14,2-4-13)10-19-8-7-18-6-5-16-17-15;;;/h1-10,12-14H2;3*1H. The predicted octanol–water partition coefficient (Wildman–Crippen LogP) is 1.24. The van der Waals surface area contributed by atoms with E-state index in [0.717, 1.165) is 12.8 Å². The number of rotatable bonds is 13. The summed E-state index contributed by atoms with van der Waals surface area (Å²) in [6.07, 6.45) is 1.61. The Balaban J connectivity index is -0.000000540. The van der Waals surface area contributed by atoms with Crippen LogP contribution in [0, 0.1) is 5.41 Å². The van der Waals surface area contributed by atoms with Crippen molar-refractivity contribution in [1.29, 1.82) is 0 Å². The molecule has 0 spiro atoms. The van der Waals surface area contributed by atoms with Gasteiger partial charge in [0.1, 0.15) is 0 Å². The minimum absolute atomic E-state index is 0. The highest BCUT2D eigenvalue weighted by molar-refractivity contribution is 5.86. The van der Waals surface area contributed by atoms with Crippen molar-refractivity contribution in [3.05, 3.63) is 10.4 Å². The van der Waals surface area contributed by atoms with Gasteiger partial charge in [0.05, 0.1) is 26.4 Å². The minimum Gasteiger partial charge on any atom is -0.379 e. The van der Waals surface area contributed by atoms with Crippen LogP contribution in [-0.2, 0) is 9.47 Å². The van der Waals surface area contributed by atoms with E-state index in [4.69, 9.17) is 32.2 Å². The van der Waals surface area contributed by atoms with Crippen LogP contribution in [0.3, 0.4) is 0 Å². The summed E-state index contributed by atoms with van der Waals surface area (Å²) in [5.41, 5.74) is 25.0. The van der Waals surface area contributed by atoms with Crippen LogP contribution in [0.2, 0.25) is 0 Å². The maximum absolute atomic E-state index is 8.07. The minimum atomic E-state index is -0.130. The van der Waals surface area contributed by atoms with Crippen LogP contribution in [-0.4, -0.2) is 52.6 Å². The summed E-state index contributed by atoms with van der Waals surface area (Å²) in [7, 11) is 0. The van der Waals surface area contributed by atoms with Crippen LogP contribution >= 0.6 is 37.2 Å². The van der Waals surface area contributed by atoms with E-state index in [2.05, 4.69) is 10.0 Å². The molecule has 22 heavy (non-hydrogen) atoms. The van der Waals surface area contributed by atoms with Crippen molar-refractivity contribution < 1.29 is 9.47 Å². The highest BCUT2D eigenvalue weighted by Crippen LogP contribution is 2.24. The fourth-order valence-electron chi connectivity index (χ4n) is 1.80. The monoisotopic (exact) mass is 382 g/mol. The Labute approximate surface area is 150 Å². The summed E-state index contributed by atoms with van der Waals surface area (Å²) in [6.45, 7) is 3.88. The first-order valence-electron chi connectivity index (χ1n) is 6.51. The van der Waals surface area contributed by atoms with E-state index >= 15 is 0 Å². The zero-order valence-corrected chi connectivity index (χ0v) is 15.1. The van der Waals surface area contributed by atoms with Gasteiger partial charge in [-0.3, -0.25) is 0 Å². The third-order valence-corrected chi connectivity index (χ3v) is 2.96. The van der Waals surface area contributed by atoms with Crippen LogP contribution < -0.4 is 17.2 Å². The largest absolute Gasteiger partial charge is 0.379 e. The molecule has 0 fully saturated rings. The highest BCUT2D eigenvalue weighted by Gasteiger charge is 2.27. The lowest BCUT2D eigenvalue weighted by molar-refractivity contribution is 0.00392. The van der Waals surface area contributed by atoms with E-state index in [1.807, 2.05) is 0 Å². The van der Waals surface area contributed by atoms with E-state index in [0.29, 0.717) is 52.6 Å². The van der Waals surface area contributed by atoms with Crippen molar-refractivity contribution in [2.45, 2.75) is 12.8 Å². The molecule has 0 unspecified atom stereocenters. The first kappa shape index (κ1) is 29.9. The van der Waals surface area contributed by atoms with Crippen molar-refractivity contribution in [3.8, 4) is 0 Å². The van der Waals surface area contributed by atoms with E-state index in [-0.39, 0.29) is 42.6 Å². The molecule has 11 heteroatoms. The van der Waals surface area contributed by atoms with Gasteiger partial charge in [0, 0.05) is 23.4 Å². The quantitative estimate of drug-likeness (QED) is 0.189. The average molecular weight is 384 g/mol. The topological polar surface area (TPSA) is 145 Å². The average Bonchev–Trinajstić information content (AvgIpc) is 2.42. The molecule has 0 aliphatic rings. The summed E-state index contributed by atoms with van der Waals surface area (Å²) in [4.78, 5) is 2.63. The summed E-state index contributed by atoms with van der Waals surface area (Å²) >= 11 is 0. The van der Waals surface area contributed by atoms with Gasteiger partial charge in [-0.25, -0.2) is 0 Å². The zero-order chi connectivity index (χ0) is 14.4. The fourth-order valence-corrected chi connectivity index (χ4v) is 1.80.